The molecule has 0 unspecified atom stereocenters. The highest BCUT2D eigenvalue weighted by Crippen LogP contribution is 2.62. The van der Waals surface area contributed by atoms with Crippen LogP contribution in [0, 0.1) is 0 Å². The Labute approximate surface area is 344 Å². The molecule has 2 heterocycles. The van der Waals surface area contributed by atoms with Gasteiger partial charge in [0, 0.05) is 46.7 Å². The second-order valence-corrected chi connectivity index (χ2v) is 17.8. The van der Waals surface area contributed by atoms with Crippen LogP contribution in [0.2, 0.25) is 0 Å². The lowest BCUT2D eigenvalue weighted by Gasteiger charge is -2.46. The molecule has 10 aromatic carbocycles. The second kappa shape index (κ2) is 12.2. The van der Waals surface area contributed by atoms with Crippen LogP contribution in [0.5, 0.6) is 0 Å². The summed E-state index contributed by atoms with van der Waals surface area (Å²) in [5.74, 6) is 0. The average molecular weight is 772 g/mol. The average Bonchev–Trinajstić information content (AvgIpc) is 3.64. The Morgan fingerprint density at radius 2 is 0.966 bits per heavy atom. The van der Waals surface area contributed by atoms with Gasteiger partial charge >= 0.3 is 0 Å². The topological polar surface area (TPSA) is 3.24 Å². The van der Waals surface area contributed by atoms with E-state index in [4.69, 9.17) is 0 Å². The van der Waals surface area contributed by atoms with E-state index in [1.54, 1.807) is 0 Å². The summed E-state index contributed by atoms with van der Waals surface area (Å²) >= 11 is 3.78. The maximum atomic E-state index is 2.50. The summed E-state index contributed by atoms with van der Waals surface area (Å²) in [7, 11) is 0. The molecule has 1 aromatic heterocycles. The minimum absolute atomic E-state index is 0.479. The van der Waals surface area contributed by atoms with Crippen molar-refractivity contribution in [3.8, 4) is 11.1 Å². The molecular weight excluding hydrogens is 739 g/mol. The smallest absolute Gasteiger partial charge is 0.0735 e. The Hall–Kier alpha value is -6.65. The monoisotopic (exact) mass is 771 g/mol. The SMILES string of the molecule is c1ccc2c(c1)Sc1ccccc1C21c2ccccc2-c2ccc(N(c3ccc4ccccc4c3)c3ccc4c(c3)sc3cc5ccccc5cc34)c3cccc1c23. The van der Waals surface area contributed by atoms with Crippen LogP contribution in [0.15, 0.2) is 210 Å². The van der Waals surface area contributed by atoms with Crippen molar-refractivity contribution in [2.45, 2.75) is 15.2 Å². The van der Waals surface area contributed by atoms with Gasteiger partial charge < -0.3 is 4.90 Å². The molecule has 270 valence electrons. The zero-order valence-electron chi connectivity index (χ0n) is 31.3. The van der Waals surface area contributed by atoms with E-state index in [1.807, 2.05) is 23.1 Å². The van der Waals surface area contributed by atoms with Gasteiger partial charge in [0.1, 0.15) is 0 Å². The van der Waals surface area contributed by atoms with E-state index < -0.39 is 5.41 Å². The third-order valence-electron chi connectivity index (χ3n) is 12.7. The number of rotatable bonds is 3. The fourth-order valence-electron chi connectivity index (χ4n) is 10.2. The van der Waals surface area contributed by atoms with Gasteiger partial charge in [-0.2, -0.15) is 0 Å². The molecule has 1 nitrogen and oxygen atoms in total. The Morgan fingerprint density at radius 3 is 1.76 bits per heavy atom. The molecule has 58 heavy (non-hydrogen) atoms. The predicted molar refractivity (Wildman–Crippen MR) is 248 cm³/mol. The van der Waals surface area contributed by atoms with Crippen molar-refractivity contribution in [2.75, 3.05) is 4.90 Å². The molecule has 13 rings (SSSR count). The van der Waals surface area contributed by atoms with E-state index >= 15 is 0 Å². The first-order valence-corrected chi connectivity index (χ1v) is 21.5. The van der Waals surface area contributed by atoms with E-state index in [9.17, 15) is 0 Å². The summed E-state index contributed by atoms with van der Waals surface area (Å²) in [6, 6.07) is 75.2. The molecular formula is C55H33NS2. The van der Waals surface area contributed by atoms with Crippen LogP contribution in [0.25, 0.3) is 63.6 Å². The van der Waals surface area contributed by atoms with Gasteiger partial charge in [0.25, 0.3) is 0 Å². The number of hydrogen-bond donors (Lipinski definition) is 0. The maximum absolute atomic E-state index is 2.50. The lowest BCUT2D eigenvalue weighted by atomic mass is 9.59. The van der Waals surface area contributed by atoms with E-state index in [0.717, 1.165) is 11.4 Å². The number of thiophene rings is 1. The predicted octanol–water partition coefficient (Wildman–Crippen LogP) is 15.8. The van der Waals surface area contributed by atoms with Crippen LogP contribution < -0.4 is 4.90 Å². The highest BCUT2D eigenvalue weighted by Gasteiger charge is 2.48. The molecule has 2 aliphatic rings. The molecule has 1 aliphatic heterocycles. The summed E-state index contributed by atoms with van der Waals surface area (Å²) in [6.45, 7) is 0. The lowest BCUT2D eigenvalue weighted by Crippen LogP contribution is -2.36. The Morgan fingerprint density at radius 1 is 0.362 bits per heavy atom. The summed E-state index contributed by atoms with van der Waals surface area (Å²) in [5.41, 5.74) is 10.9. The van der Waals surface area contributed by atoms with Crippen molar-refractivity contribution in [1.82, 2.24) is 0 Å². The molecule has 0 amide bonds. The van der Waals surface area contributed by atoms with E-state index in [0.29, 0.717) is 0 Å². The third-order valence-corrected chi connectivity index (χ3v) is 14.9. The van der Waals surface area contributed by atoms with E-state index in [-0.39, 0.29) is 0 Å². The van der Waals surface area contributed by atoms with Crippen LogP contribution >= 0.6 is 23.1 Å². The quantitative estimate of drug-likeness (QED) is 0.176. The highest BCUT2D eigenvalue weighted by atomic mass is 32.2. The molecule has 0 saturated heterocycles. The van der Waals surface area contributed by atoms with Crippen molar-refractivity contribution in [3.63, 3.8) is 0 Å². The number of fused-ring (bicyclic) bond motifs is 13. The second-order valence-electron chi connectivity index (χ2n) is 15.6. The number of nitrogens with zero attached hydrogens (tertiary/aromatic N) is 1. The molecule has 0 fully saturated rings. The van der Waals surface area contributed by atoms with Crippen LogP contribution in [0.1, 0.15) is 22.3 Å². The first-order valence-electron chi connectivity index (χ1n) is 19.9. The Balaban J connectivity index is 1.11. The van der Waals surface area contributed by atoms with E-state index in [1.165, 1.54) is 101 Å². The minimum Gasteiger partial charge on any atom is -0.310 e. The number of hydrogen-bond acceptors (Lipinski definition) is 3. The molecule has 0 bridgehead atoms. The maximum Gasteiger partial charge on any atom is 0.0735 e. The van der Waals surface area contributed by atoms with Gasteiger partial charge in [-0.15, -0.1) is 11.3 Å². The molecule has 1 aliphatic carbocycles. The summed E-state index contributed by atoms with van der Waals surface area (Å²) in [6.07, 6.45) is 0. The summed E-state index contributed by atoms with van der Waals surface area (Å²) in [5, 5.41) is 10.2. The zero-order chi connectivity index (χ0) is 38.0. The standard InChI is InChI=1S/C55H33NS2/c1-2-13-35-30-38(25-24-34(35)12-1)56(39-26-27-41-44-31-36-14-3-4-15-37(36)32-52(44)58-53(41)33-39)49-29-28-42-40-16-5-6-18-45(40)55(48-21-11-17-43(49)54(42)48)46-19-7-9-22-50(46)57-51-23-10-8-20-47(51)55/h1-33H. The normalized spacial score (nSPS) is 13.6. The van der Waals surface area contributed by atoms with Gasteiger partial charge in [0.15, 0.2) is 0 Å². The van der Waals surface area contributed by atoms with Crippen molar-refractivity contribution >= 4 is 92.7 Å². The molecule has 0 saturated carbocycles. The van der Waals surface area contributed by atoms with Gasteiger partial charge in [0.05, 0.1) is 11.1 Å². The Kier molecular flexibility index (Phi) is 6.81. The third kappa shape index (κ3) is 4.43. The zero-order valence-corrected chi connectivity index (χ0v) is 32.9. The van der Waals surface area contributed by atoms with Crippen LogP contribution in [-0.2, 0) is 5.41 Å². The minimum atomic E-state index is -0.479. The summed E-state index contributed by atoms with van der Waals surface area (Å²) in [4.78, 5) is 5.13. The molecule has 0 N–H and O–H groups in total. The molecule has 0 atom stereocenters. The first-order chi connectivity index (χ1) is 28.7. The number of anilines is 3. The molecule has 3 heteroatoms. The largest absolute Gasteiger partial charge is 0.310 e. The van der Waals surface area contributed by atoms with Crippen LogP contribution in [-0.4, -0.2) is 0 Å². The van der Waals surface area contributed by atoms with E-state index in [2.05, 4.69) is 205 Å². The van der Waals surface area contributed by atoms with Crippen LogP contribution in [0.4, 0.5) is 17.1 Å². The van der Waals surface area contributed by atoms with Crippen molar-refractivity contribution < 1.29 is 0 Å². The van der Waals surface area contributed by atoms with Gasteiger partial charge in [-0.3, -0.25) is 0 Å². The molecule has 0 radical (unpaired) electrons. The molecule has 11 aromatic rings. The summed E-state index contributed by atoms with van der Waals surface area (Å²) < 4.78 is 2.61. The van der Waals surface area contributed by atoms with Gasteiger partial charge in [-0.25, -0.2) is 0 Å². The lowest BCUT2D eigenvalue weighted by molar-refractivity contribution is 0.707. The van der Waals surface area contributed by atoms with Crippen LogP contribution in [0.3, 0.4) is 0 Å². The van der Waals surface area contributed by atoms with Crippen molar-refractivity contribution in [2.24, 2.45) is 0 Å². The van der Waals surface area contributed by atoms with Gasteiger partial charge in [0.2, 0.25) is 0 Å². The van der Waals surface area contributed by atoms with Crippen molar-refractivity contribution in [1.29, 1.82) is 0 Å². The van der Waals surface area contributed by atoms with Gasteiger partial charge in [-0.1, -0.05) is 157 Å². The molecule has 1 spiro atoms. The van der Waals surface area contributed by atoms with Crippen molar-refractivity contribution in [3.05, 3.63) is 222 Å². The first kappa shape index (κ1) is 32.4. The fourth-order valence-corrected chi connectivity index (χ4v) is 12.6. The Bertz CT molecular complexity index is 3480. The number of benzene rings is 10. The fraction of sp³-hybridized carbons (Fsp3) is 0.0182. The highest BCUT2D eigenvalue weighted by molar-refractivity contribution is 7.99. The van der Waals surface area contributed by atoms with Gasteiger partial charge in [-0.05, 0) is 115 Å².